The smallest absolute Gasteiger partial charge is 0.244 e. The van der Waals surface area contributed by atoms with Gasteiger partial charge in [-0.2, -0.15) is 0 Å². The van der Waals surface area contributed by atoms with Crippen LogP contribution >= 0.6 is 11.3 Å². The van der Waals surface area contributed by atoms with Crippen molar-refractivity contribution in [2.75, 3.05) is 13.1 Å². The first kappa shape index (κ1) is 16.0. The standard InChI is InChI=1S/C19H22N2OS/c22-19(9-8-18-7-4-14-23-18)20-17-10-12-21(13-11-17)15-16-5-2-1-3-6-16/h1-9,14,17H,10-13,15H2,(H,20,22)/b9-8+. The number of likely N-dealkylation sites (tertiary alicyclic amines) is 1. The van der Waals surface area contributed by atoms with Gasteiger partial charge in [0.15, 0.2) is 0 Å². The predicted octanol–water partition coefficient (Wildman–Crippen LogP) is 3.54. The number of carbonyl (C=O) groups is 1. The van der Waals surface area contributed by atoms with E-state index in [1.807, 2.05) is 23.6 Å². The van der Waals surface area contributed by atoms with Gasteiger partial charge in [0.25, 0.3) is 0 Å². The van der Waals surface area contributed by atoms with Crippen LogP contribution in [0.1, 0.15) is 23.3 Å². The summed E-state index contributed by atoms with van der Waals surface area (Å²) in [7, 11) is 0. The van der Waals surface area contributed by atoms with E-state index >= 15 is 0 Å². The summed E-state index contributed by atoms with van der Waals surface area (Å²) in [4.78, 5) is 15.5. The zero-order valence-corrected chi connectivity index (χ0v) is 14.0. The third-order valence-corrected chi connectivity index (χ3v) is 4.96. The largest absolute Gasteiger partial charge is 0.350 e. The molecular formula is C19H22N2OS. The fraction of sp³-hybridized carbons (Fsp3) is 0.316. The Balaban J connectivity index is 1.41. The molecule has 0 atom stereocenters. The molecule has 1 fully saturated rings. The van der Waals surface area contributed by atoms with Crippen LogP contribution in [-0.2, 0) is 11.3 Å². The molecule has 2 heterocycles. The Morgan fingerprint density at radius 3 is 2.65 bits per heavy atom. The molecule has 1 aromatic carbocycles. The first-order chi connectivity index (χ1) is 11.3. The van der Waals surface area contributed by atoms with Gasteiger partial charge < -0.3 is 5.32 Å². The van der Waals surface area contributed by atoms with Crippen LogP contribution in [0, 0.1) is 0 Å². The molecule has 3 nitrogen and oxygen atoms in total. The van der Waals surface area contributed by atoms with Crippen LogP contribution in [0.2, 0.25) is 0 Å². The lowest BCUT2D eigenvalue weighted by molar-refractivity contribution is -0.117. The van der Waals surface area contributed by atoms with Crippen molar-refractivity contribution in [2.45, 2.75) is 25.4 Å². The van der Waals surface area contributed by atoms with Gasteiger partial charge in [-0.1, -0.05) is 36.4 Å². The van der Waals surface area contributed by atoms with Crippen molar-refractivity contribution in [3.63, 3.8) is 0 Å². The Morgan fingerprint density at radius 2 is 1.96 bits per heavy atom. The van der Waals surface area contributed by atoms with Crippen LogP contribution < -0.4 is 5.32 Å². The van der Waals surface area contributed by atoms with Crippen molar-refractivity contribution in [1.82, 2.24) is 10.2 Å². The van der Waals surface area contributed by atoms with E-state index in [1.54, 1.807) is 17.4 Å². The van der Waals surface area contributed by atoms with Crippen LogP contribution in [0.5, 0.6) is 0 Å². The second-order valence-electron chi connectivity index (χ2n) is 5.89. The lowest BCUT2D eigenvalue weighted by Crippen LogP contribution is -2.43. The van der Waals surface area contributed by atoms with Crippen molar-refractivity contribution in [3.8, 4) is 0 Å². The molecule has 4 heteroatoms. The number of nitrogens with one attached hydrogen (secondary N) is 1. The van der Waals surface area contributed by atoms with E-state index < -0.39 is 0 Å². The van der Waals surface area contributed by atoms with Gasteiger partial charge in [-0.15, -0.1) is 11.3 Å². The highest BCUT2D eigenvalue weighted by Crippen LogP contribution is 2.14. The van der Waals surface area contributed by atoms with E-state index in [-0.39, 0.29) is 5.91 Å². The predicted molar refractivity (Wildman–Crippen MR) is 96.2 cm³/mol. The summed E-state index contributed by atoms with van der Waals surface area (Å²) in [6, 6.07) is 14.9. The Bertz CT molecular complexity index is 629. The topological polar surface area (TPSA) is 32.3 Å². The quantitative estimate of drug-likeness (QED) is 0.852. The van der Waals surface area contributed by atoms with Gasteiger partial charge in [0, 0.05) is 36.6 Å². The van der Waals surface area contributed by atoms with Gasteiger partial charge in [0.05, 0.1) is 0 Å². The SMILES string of the molecule is O=C(/C=C/c1cccs1)NC1CCN(Cc2ccccc2)CC1. The molecule has 1 saturated heterocycles. The van der Waals surface area contributed by atoms with Crippen LogP contribution in [0.25, 0.3) is 6.08 Å². The van der Waals surface area contributed by atoms with Crippen molar-refractivity contribution >= 4 is 23.3 Å². The zero-order valence-electron chi connectivity index (χ0n) is 13.2. The maximum atomic E-state index is 12.0. The summed E-state index contributed by atoms with van der Waals surface area (Å²) in [6.07, 6.45) is 5.56. The Morgan fingerprint density at radius 1 is 1.17 bits per heavy atom. The summed E-state index contributed by atoms with van der Waals surface area (Å²) in [5, 5.41) is 5.13. The second-order valence-corrected chi connectivity index (χ2v) is 6.87. The minimum Gasteiger partial charge on any atom is -0.350 e. The van der Waals surface area contributed by atoms with Gasteiger partial charge in [-0.3, -0.25) is 9.69 Å². The number of rotatable bonds is 5. The number of hydrogen-bond donors (Lipinski definition) is 1. The third-order valence-electron chi connectivity index (χ3n) is 4.13. The molecule has 120 valence electrons. The number of nitrogens with zero attached hydrogens (tertiary/aromatic N) is 1. The number of thiophene rings is 1. The van der Waals surface area contributed by atoms with Crippen molar-refractivity contribution in [1.29, 1.82) is 0 Å². The van der Waals surface area contributed by atoms with E-state index in [9.17, 15) is 4.79 Å². The molecule has 3 rings (SSSR count). The average molecular weight is 326 g/mol. The Hall–Kier alpha value is -1.91. The average Bonchev–Trinajstić information content (AvgIpc) is 3.09. The summed E-state index contributed by atoms with van der Waals surface area (Å²) in [5.41, 5.74) is 1.36. The molecule has 0 bridgehead atoms. The van der Waals surface area contributed by atoms with E-state index in [0.29, 0.717) is 6.04 Å². The number of amides is 1. The lowest BCUT2D eigenvalue weighted by atomic mass is 10.0. The van der Waals surface area contributed by atoms with E-state index in [4.69, 9.17) is 0 Å². The first-order valence-corrected chi connectivity index (χ1v) is 8.96. The Kier molecular flexibility index (Phi) is 5.61. The number of hydrogen-bond acceptors (Lipinski definition) is 3. The molecule has 0 radical (unpaired) electrons. The fourth-order valence-electron chi connectivity index (χ4n) is 2.87. The van der Waals surface area contributed by atoms with Crippen molar-refractivity contribution in [2.24, 2.45) is 0 Å². The summed E-state index contributed by atoms with van der Waals surface area (Å²) in [5.74, 6) is 0.0138. The highest BCUT2D eigenvalue weighted by atomic mass is 32.1. The van der Waals surface area contributed by atoms with Gasteiger partial charge in [0.2, 0.25) is 5.91 Å². The monoisotopic (exact) mass is 326 g/mol. The van der Waals surface area contributed by atoms with E-state index in [0.717, 1.165) is 37.4 Å². The lowest BCUT2D eigenvalue weighted by Gasteiger charge is -2.32. The van der Waals surface area contributed by atoms with Gasteiger partial charge in [-0.05, 0) is 35.9 Å². The van der Waals surface area contributed by atoms with Crippen LogP contribution in [0.4, 0.5) is 0 Å². The maximum Gasteiger partial charge on any atom is 0.244 e. The fourth-order valence-corrected chi connectivity index (χ4v) is 3.49. The molecule has 0 spiro atoms. The molecule has 1 aliphatic rings. The molecule has 0 saturated carbocycles. The summed E-state index contributed by atoms with van der Waals surface area (Å²) in [6.45, 7) is 3.07. The van der Waals surface area contributed by atoms with Crippen LogP contribution in [-0.4, -0.2) is 29.9 Å². The summed E-state index contributed by atoms with van der Waals surface area (Å²) < 4.78 is 0. The first-order valence-electron chi connectivity index (χ1n) is 8.08. The molecule has 23 heavy (non-hydrogen) atoms. The number of piperidine rings is 1. The molecule has 0 aliphatic carbocycles. The molecule has 1 aromatic heterocycles. The van der Waals surface area contributed by atoms with Crippen molar-refractivity contribution < 1.29 is 4.79 Å². The second kappa shape index (κ2) is 8.09. The molecular weight excluding hydrogens is 304 g/mol. The molecule has 1 N–H and O–H groups in total. The maximum absolute atomic E-state index is 12.0. The van der Waals surface area contributed by atoms with Crippen molar-refractivity contribution in [3.05, 3.63) is 64.4 Å². The van der Waals surface area contributed by atoms with E-state index in [1.165, 1.54) is 5.56 Å². The van der Waals surface area contributed by atoms with Gasteiger partial charge in [0.1, 0.15) is 0 Å². The molecule has 0 unspecified atom stereocenters. The van der Waals surface area contributed by atoms with Gasteiger partial charge >= 0.3 is 0 Å². The Labute approximate surface area is 141 Å². The van der Waals surface area contributed by atoms with Gasteiger partial charge in [-0.25, -0.2) is 0 Å². The number of benzene rings is 1. The third kappa shape index (κ3) is 5.05. The molecule has 1 aliphatic heterocycles. The minimum absolute atomic E-state index is 0.0138. The van der Waals surface area contributed by atoms with E-state index in [2.05, 4.69) is 40.5 Å². The number of carbonyl (C=O) groups excluding carboxylic acids is 1. The normalized spacial score (nSPS) is 16.7. The van der Waals surface area contributed by atoms with Crippen LogP contribution in [0.15, 0.2) is 53.9 Å². The van der Waals surface area contributed by atoms with Crippen LogP contribution in [0.3, 0.4) is 0 Å². The highest BCUT2D eigenvalue weighted by molar-refractivity contribution is 7.10. The molecule has 2 aromatic rings. The summed E-state index contributed by atoms with van der Waals surface area (Å²) >= 11 is 1.64. The minimum atomic E-state index is 0.0138. The highest BCUT2D eigenvalue weighted by Gasteiger charge is 2.19. The zero-order chi connectivity index (χ0) is 15.9. The molecule has 1 amide bonds.